The van der Waals surface area contributed by atoms with Crippen molar-refractivity contribution in [1.82, 2.24) is 15.2 Å². The van der Waals surface area contributed by atoms with Gasteiger partial charge in [0.1, 0.15) is 11.2 Å². The standard InChI is InChI=1S/C21H25N3O/c1-19(2)16-8-10-20-9-5-11-24(20)21(16,23-18(20)25)12-14-13-6-3-4-7-15(13)22-17(14)19/h3-4,6-7,16,22H,5,8-12H2,1-2H3,(H,23,25)/t16-,20-,21?/m1/s1. The fourth-order valence-electron chi connectivity index (χ4n) is 6.95. The van der Waals surface area contributed by atoms with Gasteiger partial charge in [-0.05, 0) is 37.3 Å². The molecule has 1 spiro atoms. The van der Waals surface area contributed by atoms with Crippen molar-refractivity contribution in [3.05, 3.63) is 35.5 Å². The van der Waals surface area contributed by atoms with Crippen molar-refractivity contribution in [3.8, 4) is 0 Å². The normalized spacial score (nSPS) is 38.3. The first-order valence-corrected chi connectivity index (χ1v) is 9.69. The molecule has 1 aromatic carbocycles. The highest BCUT2D eigenvalue weighted by molar-refractivity contribution is 5.92. The number of fused-ring (bicyclic) bond motifs is 3. The maximum absolute atomic E-state index is 13.1. The molecule has 3 saturated heterocycles. The van der Waals surface area contributed by atoms with Crippen molar-refractivity contribution in [3.63, 3.8) is 0 Å². The molecule has 2 bridgehead atoms. The van der Waals surface area contributed by atoms with E-state index in [1.165, 1.54) is 22.2 Å². The molecular weight excluding hydrogens is 310 g/mol. The lowest BCUT2D eigenvalue weighted by Crippen LogP contribution is -2.68. The zero-order valence-electron chi connectivity index (χ0n) is 15.0. The van der Waals surface area contributed by atoms with Crippen molar-refractivity contribution in [2.45, 2.75) is 62.6 Å². The minimum Gasteiger partial charge on any atom is -0.358 e. The summed E-state index contributed by atoms with van der Waals surface area (Å²) in [6, 6.07) is 8.64. The maximum atomic E-state index is 13.1. The molecule has 1 aromatic heterocycles. The summed E-state index contributed by atoms with van der Waals surface area (Å²) in [5.74, 6) is 0.754. The average molecular weight is 335 g/mol. The zero-order chi connectivity index (χ0) is 17.0. The lowest BCUT2D eigenvalue weighted by Gasteiger charge is -2.57. The number of para-hydroxylation sites is 1. The summed E-state index contributed by atoms with van der Waals surface area (Å²) in [7, 11) is 0. The van der Waals surface area contributed by atoms with Crippen LogP contribution >= 0.6 is 0 Å². The molecule has 130 valence electrons. The summed E-state index contributed by atoms with van der Waals surface area (Å²) < 4.78 is 0. The van der Waals surface area contributed by atoms with E-state index in [0.717, 1.165) is 38.6 Å². The third-order valence-electron chi connectivity index (χ3n) is 7.92. The summed E-state index contributed by atoms with van der Waals surface area (Å²) >= 11 is 0. The number of rotatable bonds is 0. The van der Waals surface area contributed by atoms with Crippen LogP contribution in [0.4, 0.5) is 0 Å². The van der Waals surface area contributed by atoms with Gasteiger partial charge in [-0.2, -0.15) is 0 Å². The highest BCUT2D eigenvalue weighted by atomic mass is 16.2. The lowest BCUT2D eigenvalue weighted by molar-refractivity contribution is -0.126. The highest BCUT2D eigenvalue weighted by Gasteiger charge is 2.70. The zero-order valence-corrected chi connectivity index (χ0v) is 15.0. The Balaban J connectivity index is 1.63. The number of H-pyrrole nitrogens is 1. The van der Waals surface area contributed by atoms with E-state index in [9.17, 15) is 4.79 Å². The highest BCUT2D eigenvalue weighted by Crippen LogP contribution is 2.60. The number of nitrogens with one attached hydrogen (secondary N) is 2. The molecule has 3 aliphatic heterocycles. The van der Waals surface area contributed by atoms with Crippen molar-refractivity contribution in [1.29, 1.82) is 0 Å². The Hall–Kier alpha value is -1.81. The fourth-order valence-corrected chi connectivity index (χ4v) is 6.95. The Bertz CT molecular complexity index is 928. The van der Waals surface area contributed by atoms with Crippen molar-refractivity contribution in [2.24, 2.45) is 5.92 Å². The summed E-state index contributed by atoms with van der Waals surface area (Å²) in [5.41, 5.74) is 3.66. The van der Waals surface area contributed by atoms with Gasteiger partial charge in [-0.25, -0.2) is 0 Å². The number of piperidine rings is 1. The van der Waals surface area contributed by atoms with Crippen LogP contribution in [0.15, 0.2) is 24.3 Å². The Morgan fingerprint density at radius 3 is 2.92 bits per heavy atom. The molecule has 0 radical (unpaired) electrons. The first-order valence-electron chi connectivity index (χ1n) is 9.69. The van der Waals surface area contributed by atoms with Gasteiger partial charge in [0.05, 0.1) is 0 Å². The van der Waals surface area contributed by atoms with Crippen molar-refractivity contribution in [2.75, 3.05) is 6.54 Å². The van der Waals surface area contributed by atoms with E-state index in [0.29, 0.717) is 11.8 Å². The molecule has 4 heteroatoms. The molecule has 1 aliphatic carbocycles. The number of benzene rings is 1. The van der Waals surface area contributed by atoms with E-state index >= 15 is 0 Å². The van der Waals surface area contributed by atoms with Gasteiger partial charge in [0.15, 0.2) is 0 Å². The van der Waals surface area contributed by atoms with Gasteiger partial charge >= 0.3 is 0 Å². The van der Waals surface area contributed by atoms with Crippen LogP contribution in [0.1, 0.15) is 50.8 Å². The molecule has 2 N–H and O–H groups in total. The van der Waals surface area contributed by atoms with Gasteiger partial charge in [-0.3, -0.25) is 9.69 Å². The molecule has 1 unspecified atom stereocenters. The van der Waals surface area contributed by atoms with Crippen LogP contribution in [-0.4, -0.2) is 33.5 Å². The van der Waals surface area contributed by atoms with Crippen LogP contribution in [0, 0.1) is 5.92 Å². The van der Waals surface area contributed by atoms with Gasteiger partial charge in [-0.1, -0.05) is 32.0 Å². The molecule has 2 aromatic rings. The molecule has 6 rings (SSSR count). The predicted octanol–water partition coefficient (Wildman–Crippen LogP) is 3.07. The van der Waals surface area contributed by atoms with Crippen molar-refractivity contribution >= 4 is 16.8 Å². The van der Waals surface area contributed by atoms with Crippen LogP contribution in [0.5, 0.6) is 0 Å². The minimum absolute atomic E-state index is 0.0268. The van der Waals surface area contributed by atoms with Crippen molar-refractivity contribution < 1.29 is 4.79 Å². The quantitative estimate of drug-likeness (QED) is 0.777. The molecule has 1 amide bonds. The molecule has 25 heavy (non-hydrogen) atoms. The van der Waals surface area contributed by atoms with E-state index in [1.54, 1.807) is 0 Å². The number of carbonyl (C=O) groups excluding carboxylic acids is 1. The number of aromatic nitrogens is 1. The summed E-state index contributed by atoms with van der Waals surface area (Å²) in [6.45, 7) is 5.81. The fraction of sp³-hybridized carbons (Fsp3) is 0.571. The third kappa shape index (κ3) is 1.41. The van der Waals surface area contributed by atoms with Crippen LogP contribution in [0.3, 0.4) is 0 Å². The predicted molar refractivity (Wildman–Crippen MR) is 97.3 cm³/mol. The molecule has 0 saturated carbocycles. The average Bonchev–Trinajstić information content (AvgIpc) is 3.20. The second-order valence-electron chi connectivity index (χ2n) is 9.18. The number of nitrogens with zero attached hydrogens (tertiary/aromatic N) is 1. The van der Waals surface area contributed by atoms with E-state index in [2.05, 4.69) is 53.3 Å². The van der Waals surface area contributed by atoms with E-state index in [4.69, 9.17) is 0 Å². The molecule has 3 fully saturated rings. The van der Waals surface area contributed by atoms with Crippen LogP contribution in [0.2, 0.25) is 0 Å². The molecule has 4 nitrogen and oxygen atoms in total. The number of hydrogen-bond acceptors (Lipinski definition) is 2. The topological polar surface area (TPSA) is 48.1 Å². The Morgan fingerprint density at radius 1 is 1.20 bits per heavy atom. The maximum Gasteiger partial charge on any atom is 0.242 e. The second kappa shape index (κ2) is 4.12. The first kappa shape index (κ1) is 14.4. The SMILES string of the molecule is CC1(C)c2[nH]c3ccccc3c2CC23NC(=O)[C@@]4(CCCN24)CC[C@H]13. The van der Waals surface area contributed by atoms with Crippen LogP contribution in [-0.2, 0) is 16.6 Å². The molecule has 4 aliphatic rings. The Labute approximate surface area is 148 Å². The lowest BCUT2D eigenvalue weighted by atomic mass is 9.58. The summed E-state index contributed by atoms with van der Waals surface area (Å²) in [4.78, 5) is 19.4. The van der Waals surface area contributed by atoms with Crippen LogP contribution in [0.25, 0.3) is 10.9 Å². The molecular formula is C21H25N3O. The Morgan fingerprint density at radius 2 is 2.04 bits per heavy atom. The summed E-state index contributed by atoms with van der Waals surface area (Å²) in [5, 5.41) is 4.88. The smallest absolute Gasteiger partial charge is 0.242 e. The van der Waals surface area contributed by atoms with Gasteiger partial charge < -0.3 is 10.3 Å². The van der Waals surface area contributed by atoms with Crippen LogP contribution < -0.4 is 5.32 Å². The number of carbonyl (C=O) groups is 1. The van der Waals surface area contributed by atoms with Gasteiger partial charge in [0, 0.05) is 40.9 Å². The first-order chi connectivity index (χ1) is 12.0. The largest absolute Gasteiger partial charge is 0.358 e. The van der Waals surface area contributed by atoms with Gasteiger partial charge in [0.25, 0.3) is 0 Å². The van der Waals surface area contributed by atoms with E-state index in [-0.39, 0.29) is 16.6 Å². The summed E-state index contributed by atoms with van der Waals surface area (Å²) in [6.07, 6.45) is 5.28. The van der Waals surface area contributed by atoms with E-state index in [1.807, 2.05) is 0 Å². The number of aromatic amines is 1. The number of amides is 1. The third-order valence-corrected chi connectivity index (χ3v) is 7.92. The second-order valence-corrected chi connectivity index (χ2v) is 9.18. The van der Waals surface area contributed by atoms with Gasteiger partial charge in [-0.15, -0.1) is 0 Å². The van der Waals surface area contributed by atoms with Gasteiger partial charge in [0.2, 0.25) is 5.91 Å². The molecule has 4 heterocycles. The minimum atomic E-state index is -0.212. The van der Waals surface area contributed by atoms with E-state index < -0.39 is 0 Å². The monoisotopic (exact) mass is 335 g/mol. The number of hydrogen-bond donors (Lipinski definition) is 2. The Kier molecular flexibility index (Phi) is 2.37. The molecule has 3 atom stereocenters.